The van der Waals surface area contributed by atoms with Crippen molar-refractivity contribution in [2.45, 2.75) is 18.9 Å². The number of rotatable bonds is 4. The van der Waals surface area contributed by atoms with Gasteiger partial charge in [-0.05, 0) is 12.8 Å². The van der Waals surface area contributed by atoms with Crippen LogP contribution in [-0.2, 0) is 4.79 Å². The molecule has 0 aliphatic heterocycles. The van der Waals surface area contributed by atoms with Crippen LogP contribution in [0.15, 0.2) is 0 Å². The summed E-state index contributed by atoms with van der Waals surface area (Å²) in [5.74, 6) is 0. The molecule has 3 heteroatoms. The van der Waals surface area contributed by atoms with E-state index < -0.39 is 6.10 Å². The average molecular weight is 118 g/mol. The second kappa shape index (κ2) is 4.74. The Kier molecular flexibility index (Phi) is 4.50. The summed E-state index contributed by atoms with van der Waals surface area (Å²) in [7, 11) is 0. The Labute approximate surface area is 47.9 Å². The molecule has 0 fully saturated rings. The van der Waals surface area contributed by atoms with Crippen LogP contribution in [0.5, 0.6) is 0 Å². The molecule has 48 valence electrons. The van der Waals surface area contributed by atoms with Gasteiger partial charge in [0.25, 0.3) is 0 Å². The maximum Gasteiger partial charge on any atom is 0.148 e. The van der Waals surface area contributed by atoms with Crippen LogP contribution in [0.1, 0.15) is 12.8 Å². The molecule has 0 radical (unpaired) electrons. The van der Waals surface area contributed by atoms with E-state index in [1.54, 1.807) is 0 Å². The number of hydrogen-bond acceptors (Lipinski definition) is 3. The Balaban J connectivity index is 2.98. The van der Waals surface area contributed by atoms with Gasteiger partial charge in [0.05, 0.1) is 0 Å². The lowest BCUT2D eigenvalue weighted by atomic mass is 10.2. The fraction of sp³-hybridized carbons (Fsp3) is 0.800. The summed E-state index contributed by atoms with van der Waals surface area (Å²) in [6, 6.07) is 0. The summed E-state index contributed by atoms with van der Waals surface area (Å²) in [6.07, 6.45) is 0.428. The van der Waals surface area contributed by atoms with Crippen LogP contribution in [-0.4, -0.2) is 29.2 Å². The first-order chi connectivity index (χ1) is 3.81. The van der Waals surface area contributed by atoms with Crippen molar-refractivity contribution in [2.75, 3.05) is 6.61 Å². The molecule has 2 N–H and O–H groups in total. The van der Waals surface area contributed by atoms with E-state index in [1.807, 2.05) is 0 Å². The van der Waals surface area contributed by atoms with Crippen molar-refractivity contribution in [1.29, 1.82) is 0 Å². The molecule has 0 aliphatic carbocycles. The molecule has 0 spiro atoms. The number of hydrogen-bond donors (Lipinski definition) is 2. The van der Waals surface area contributed by atoms with Crippen LogP contribution in [0.25, 0.3) is 0 Å². The highest BCUT2D eigenvalue weighted by Crippen LogP contribution is 1.90. The van der Waals surface area contributed by atoms with Gasteiger partial charge in [0, 0.05) is 6.61 Å². The molecule has 0 rings (SSSR count). The fourth-order valence-corrected chi connectivity index (χ4v) is 0.368. The standard InChI is InChI=1S/C5H10O3/c6-3-1-2-5(8)4-7/h4-6,8H,1-3H2/t5-/m0/s1. The number of carbonyl (C=O) groups excluding carboxylic acids is 1. The zero-order chi connectivity index (χ0) is 6.41. The Bertz CT molecular complexity index is 62.7. The predicted molar refractivity (Wildman–Crippen MR) is 28.4 cm³/mol. The van der Waals surface area contributed by atoms with Gasteiger partial charge < -0.3 is 15.0 Å². The molecule has 0 aromatic carbocycles. The van der Waals surface area contributed by atoms with Crippen molar-refractivity contribution < 1.29 is 15.0 Å². The minimum absolute atomic E-state index is 0.0326. The molecule has 0 amide bonds. The van der Waals surface area contributed by atoms with Crippen LogP contribution < -0.4 is 0 Å². The van der Waals surface area contributed by atoms with Crippen LogP contribution in [0.2, 0.25) is 0 Å². The Morgan fingerprint density at radius 3 is 2.62 bits per heavy atom. The highest BCUT2D eigenvalue weighted by Gasteiger charge is 1.97. The van der Waals surface area contributed by atoms with Crippen molar-refractivity contribution >= 4 is 6.29 Å². The third-order valence-electron chi connectivity index (χ3n) is 0.815. The van der Waals surface area contributed by atoms with Crippen LogP contribution in [0, 0.1) is 0 Å². The van der Waals surface area contributed by atoms with Crippen molar-refractivity contribution in [3.05, 3.63) is 0 Å². The van der Waals surface area contributed by atoms with Crippen molar-refractivity contribution in [1.82, 2.24) is 0 Å². The van der Waals surface area contributed by atoms with Crippen LogP contribution in [0.3, 0.4) is 0 Å². The molecular formula is C5H10O3. The van der Waals surface area contributed by atoms with E-state index in [1.165, 1.54) is 0 Å². The molecule has 0 heterocycles. The fourth-order valence-electron chi connectivity index (χ4n) is 0.368. The molecule has 0 aromatic heterocycles. The predicted octanol–water partition coefficient (Wildman–Crippen LogP) is -0.681. The summed E-state index contributed by atoms with van der Waals surface area (Å²) >= 11 is 0. The van der Waals surface area contributed by atoms with Gasteiger partial charge in [-0.3, -0.25) is 0 Å². The van der Waals surface area contributed by atoms with E-state index in [0.29, 0.717) is 19.1 Å². The number of carbonyl (C=O) groups is 1. The minimum Gasteiger partial charge on any atom is -0.396 e. The van der Waals surface area contributed by atoms with Gasteiger partial charge in [-0.25, -0.2) is 0 Å². The van der Waals surface area contributed by atoms with Gasteiger partial charge >= 0.3 is 0 Å². The number of aldehydes is 1. The zero-order valence-electron chi connectivity index (χ0n) is 4.58. The van der Waals surface area contributed by atoms with Gasteiger partial charge in [0.1, 0.15) is 12.4 Å². The molecule has 0 saturated carbocycles. The molecule has 3 nitrogen and oxygen atoms in total. The molecule has 0 aliphatic rings. The summed E-state index contributed by atoms with van der Waals surface area (Å²) in [6.45, 7) is 0.0326. The van der Waals surface area contributed by atoms with Crippen molar-refractivity contribution in [3.63, 3.8) is 0 Å². The Hall–Kier alpha value is -0.410. The van der Waals surface area contributed by atoms with Crippen molar-refractivity contribution in [3.8, 4) is 0 Å². The topological polar surface area (TPSA) is 57.5 Å². The maximum atomic E-state index is 9.68. The first-order valence-electron chi connectivity index (χ1n) is 2.55. The molecule has 1 atom stereocenters. The normalized spacial score (nSPS) is 13.2. The monoisotopic (exact) mass is 118 g/mol. The van der Waals surface area contributed by atoms with E-state index in [9.17, 15) is 4.79 Å². The molecule has 0 saturated heterocycles. The highest BCUT2D eigenvalue weighted by atomic mass is 16.3. The first-order valence-corrected chi connectivity index (χ1v) is 2.55. The van der Waals surface area contributed by atoms with Gasteiger partial charge in [0.15, 0.2) is 0 Å². The molecular weight excluding hydrogens is 108 g/mol. The van der Waals surface area contributed by atoms with E-state index in [0.717, 1.165) is 0 Å². The smallest absolute Gasteiger partial charge is 0.148 e. The lowest BCUT2D eigenvalue weighted by Crippen LogP contribution is -2.07. The first kappa shape index (κ1) is 7.59. The summed E-state index contributed by atoms with van der Waals surface area (Å²) in [5.41, 5.74) is 0. The van der Waals surface area contributed by atoms with Gasteiger partial charge in [-0.15, -0.1) is 0 Å². The van der Waals surface area contributed by atoms with E-state index in [-0.39, 0.29) is 6.61 Å². The second-order valence-corrected chi connectivity index (χ2v) is 1.57. The maximum absolute atomic E-state index is 9.68. The van der Waals surface area contributed by atoms with Gasteiger partial charge in [0.2, 0.25) is 0 Å². The SMILES string of the molecule is O=C[C@@H](O)CCCO. The summed E-state index contributed by atoms with van der Waals surface area (Å²) < 4.78 is 0. The quantitative estimate of drug-likeness (QED) is 0.481. The van der Waals surface area contributed by atoms with E-state index >= 15 is 0 Å². The lowest BCUT2D eigenvalue weighted by Gasteiger charge is -1.97. The molecule has 0 unspecified atom stereocenters. The van der Waals surface area contributed by atoms with Crippen LogP contribution >= 0.6 is 0 Å². The lowest BCUT2D eigenvalue weighted by molar-refractivity contribution is -0.115. The van der Waals surface area contributed by atoms with E-state index in [4.69, 9.17) is 10.2 Å². The highest BCUT2D eigenvalue weighted by molar-refractivity contribution is 5.55. The number of aliphatic hydroxyl groups is 2. The number of aliphatic hydroxyl groups excluding tert-OH is 2. The third kappa shape index (κ3) is 3.77. The zero-order valence-corrected chi connectivity index (χ0v) is 4.58. The third-order valence-corrected chi connectivity index (χ3v) is 0.815. The van der Waals surface area contributed by atoms with Crippen LogP contribution in [0.4, 0.5) is 0 Å². The molecule has 0 aromatic rings. The summed E-state index contributed by atoms with van der Waals surface area (Å²) in [4.78, 5) is 9.68. The Morgan fingerprint density at radius 2 is 2.25 bits per heavy atom. The Morgan fingerprint density at radius 1 is 1.62 bits per heavy atom. The average Bonchev–Trinajstić information content (AvgIpc) is 1.83. The minimum atomic E-state index is -0.887. The largest absolute Gasteiger partial charge is 0.396 e. The van der Waals surface area contributed by atoms with Gasteiger partial charge in [-0.1, -0.05) is 0 Å². The van der Waals surface area contributed by atoms with Crippen molar-refractivity contribution in [2.24, 2.45) is 0 Å². The second-order valence-electron chi connectivity index (χ2n) is 1.57. The molecule has 8 heavy (non-hydrogen) atoms. The summed E-state index contributed by atoms with van der Waals surface area (Å²) in [5, 5.41) is 16.7. The van der Waals surface area contributed by atoms with Gasteiger partial charge in [-0.2, -0.15) is 0 Å². The molecule has 0 bridgehead atoms. The van der Waals surface area contributed by atoms with E-state index in [2.05, 4.69) is 0 Å².